The first-order valence-electron chi connectivity index (χ1n) is 10.2. The number of carbonyl (C=O) groups excluding carboxylic acids is 1. The Hall–Kier alpha value is -2.25. The lowest BCUT2D eigenvalue weighted by Crippen LogP contribution is -2.42. The van der Waals surface area contributed by atoms with E-state index in [1.165, 1.54) is 17.7 Å². The van der Waals surface area contributed by atoms with Crippen LogP contribution < -0.4 is 0 Å². The van der Waals surface area contributed by atoms with E-state index in [0.29, 0.717) is 12.3 Å². The predicted octanol–water partition coefficient (Wildman–Crippen LogP) is 3.49. The summed E-state index contributed by atoms with van der Waals surface area (Å²) in [5.74, 6) is 0.436. The number of benzene rings is 1. The lowest BCUT2D eigenvalue weighted by atomic mass is 9.97. The molecule has 1 aliphatic heterocycles. The first-order valence-corrected chi connectivity index (χ1v) is 11.1. The Morgan fingerprint density at radius 2 is 2.17 bits per heavy atom. The first kappa shape index (κ1) is 20.0. The number of hydrogen-bond donors (Lipinski definition) is 0. The SMILES string of the molecule is CN(CC1CCCN(CCc2ccc(F)cc2)C1)C(=O)Cc1cn2ccsc2n1. The van der Waals surface area contributed by atoms with Gasteiger partial charge in [-0.15, -0.1) is 11.3 Å². The number of amides is 1. The molecule has 0 radical (unpaired) electrons. The van der Waals surface area contributed by atoms with E-state index in [1.54, 1.807) is 11.3 Å². The van der Waals surface area contributed by atoms with Crippen molar-refractivity contribution < 1.29 is 9.18 Å². The fourth-order valence-electron chi connectivity index (χ4n) is 4.08. The molecule has 0 bridgehead atoms. The molecule has 1 amide bonds. The maximum absolute atomic E-state index is 13.0. The highest BCUT2D eigenvalue weighted by atomic mass is 32.1. The van der Waals surface area contributed by atoms with Crippen molar-refractivity contribution in [2.75, 3.05) is 33.2 Å². The van der Waals surface area contributed by atoms with Gasteiger partial charge in [0.05, 0.1) is 12.1 Å². The molecule has 5 nitrogen and oxygen atoms in total. The molecule has 7 heteroatoms. The summed E-state index contributed by atoms with van der Waals surface area (Å²) >= 11 is 1.58. The smallest absolute Gasteiger partial charge is 0.228 e. The summed E-state index contributed by atoms with van der Waals surface area (Å²) in [6, 6.07) is 6.78. The zero-order valence-corrected chi connectivity index (χ0v) is 17.6. The molecular weight excluding hydrogens is 387 g/mol. The fraction of sp³-hybridized carbons (Fsp3) is 0.455. The Balaban J connectivity index is 1.25. The van der Waals surface area contributed by atoms with Gasteiger partial charge in [-0.3, -0.25) is 9.20 Å². The molecule has 0 aliphatic carbocycles. The van der Waals surface area contributed by atoms with Gasteiger partial charge in [-0.2, -0.15) is 0 Å². The highest BCUT2D eigenvalue weighted by molar-refractivity contribution is 7.15. The normalized spacial score (nSPS) is 17.7. The maximum Gasteiger partial charge on any atom is 0.228 e. The molecule has 1 unspecified atom stereocenters. The third kappa shape index (κ3) is 5.22. The number of rotatable bonds is 7. The van der Waals surface area contributed by atoms with Gasteiger partial charge >= 0.3 is 0 Å². The van der Waals surface area contributed by atoms with Gasteiger partial charge in [0.25, 0.3) is 0 Å². The number of fused-ring (bicyclic) bond motifs is 1. The van der Waals surface area contributed by atoms with Crippen molar-refractivity contribution in [2.24, 2.45) is 5.92 Å². The molecule has 2 aromatic heterocycles. The van der Waals surface area contributed by atoms with Crippen LogP contribution >= 0.6 is 11.3 Å². The van der Waals surface area contributed by atoms with Crippen LogP contribution in [0, 0.1) is 11.7 Å². The standard InChI is InChI=1S/C22H27FN4OS/c1-25(21(28)13-20-16-27-11-12-29-22(27)24-20)14-18-3-2-9-26(15-18)10-8-17-4-6-19(23)7-5-17/h4-7,11-12,16,18H,2-3,8-10,13-15H2,1H3. The van der Waals surface area contributed by atoms with Crippen molar-refractivity contribution in [2.45, 2.75) is 25.7 Å². The fourth-order valence-corrected chi connectivity index (χ4v) is 4.80. The first-order chi connectivity index (χ1) is 14.1. The zero-order chi connectivity index (χ0) is 20.2. The summed E-state index contributed by atoms with van der Waals surface area (Å²) in [4.78, 5) is 22.4. The van der Waals surface area contributed by atoms with E-state index in [1.807, 2.05) is 46.3 Å². The zero-order valence-electron chi connectivity index (χ0n) is 16.8. The van der Waals surface area contributed by atoms with Gasteiger partial charge in [0.2, 0.25) is 5.91 Å². The van der Waals surface area contributed by atoms with Gasteiger partial charge in [0, 0.05) is 44.5 Å². The van der Waals surface area contributed by atoms with Crippen LogP contribution in [0.5, 0.6) is 0 Å². The number of carbonyl (C=O) groups is 1. The van der Waals surface area contributed by atoms with Gasteiger partial charge < -0.3 is 9.80 Å². The lowest BCUT2D eigenvalue weighted by molar-refractivity contribution is -0.130. The topological polar surface area (TPSA) is 40.9 Å². The lowest BCUT2D eigenvalue weighted by Gasteiger charge is -2.34. The summed E-state index contributed by atoms with van der Waals surface area (Å²) in [6.07, 6.45) is 7.51. The molecule has 1 fully saturated rings. The number of thiazole rings is 1. The van der Waals surface area contributed by atoms with Crippen LogP contribution in [-0.2, 0) is 17.6 Å². The minimum absolute atomic E-state index is 0.124. The molecule has 3 heterocycles. The number of halogens is 1. The number of likely N-dealkylation sites (N-methyl/N-ethyl adjacent to an activating group) is 1. The third-order valence-corrected chi connectivity index (χ3v) is 6.44. The second-order valence-electron chi connectivity index (χ2n) is 7.96. The van der Waals surface area contributed by atoms with Crippen LogP contribution in [-0.4, -0.2) is 58.3 Å². The van der Waals surface area contributed by atoms with Crippen molar-refractivity contribution in [1.82, 2.24) is 19.2 Å². The Morgan fingerprint density at radius 3 is 2.97 bits per heavy atom. The number of nitrogens with zero attached hydrogens (tertiary/aromatic N) is 4. The van der Waals surface area contributed by atoms with Crippen LogP contribution in [0.4, 0.5) is 4.39 Å². The quantitative estimate of drug-likeness (QED) is 0.594. The highest BCUT2D eigenvalue weighted by Crippen LogP contribution is 2.19. The largest absolute Gasteiger partial charge is 0.345 e. The van der Waals surface area contributed by atoms with Crippen LogP contribution in [0.2, 0.25) is 0 Å². The Morgan fingerprint density at radius 1 is 1.34 bits per heavy atom. The molecule has 0 saturated carbocycles. The Kier molecular flexibility index (Phi) is 6.25. The highest BCUT2D eigenvalue weighted by Gasteiger charge is 2.23. The van der Waals surface area contributed by atoms with Crippen molar-refractivity contribution in [3.63, 3.8) is 0 Å². The molecule has 1 aliphatic rings. The Labute approximate surface area is 174 Å². The average molecular weight is 415 g/mol. The van der Waals surface area contributed by atoms with E-state index < -0.39 is 0 Å². The van der Waals surface area contributed by atoms with E-state index in [0.717, 1.165) is 56.1 Å². The summed E-state index contributed by atoms with van der Waals surface area (Å²) in [7, 11) is 1.90. The van der Waals surface area contributed by atoms with Crippen molar-refractivity contribution in [1.29, 1.82) is 0 Å². The average Bonchev–Trinajstić information content (AvgIpc) is 3.29. The Bertz CT molecular complexity index is 923. The number of aromatic nitrogens is 2. The summed E-state index contributed by atoms with van der Waals surface area (Å²) in [6.45, 7) is 3.87. The van der Waals surface area contributed by atoms with Gasteiger partial charge in [0.15, 0.2) is 4.96 Å². The second kappa shape index (κ2) is 9.05. The van der Waals surface area contributed by atoms with Crippen LogP contribution in [0.25, 0.3) is 4.96 Å². The predicted molar refractivity (Wildman–Crippen MR) is 114 cm³/mol. The minimum Gasteiger partial charge on any atom is -0.345 e. The van der Waals surface area contributed by atoms with E-state index in [-0.39, 0.29) is 11.7 Å². The molecule has 0 spiro atoms. The van der Waals surface area contributed by atoms with Gasteiger partial charge in [-0.25, -0.2) is 9.37 Å². The molecule has 4 rings (SSSR count). The molecule has 1 saturated heterocycles. The van der Waals surface area contributed by atoms with Crippen LogP contribution in [0.15, 0.2) is 42.0 Å². The number of imidazole rings is 1. The third-order valence-electron chi connectivity index (χ3n) is 5.67. The van der Waals surface area contributed by atoms with E-state index >= 15 is 0 Å². The number of likely N-dealkylation sites (tertiary alicyclic amines) is 1. The number of piperidine rings is 1. The van der Waals surface area contributed by atoms with E-state index in [2.05, 4.69) is 9.88 Å². The molecule has 3 aromatic rings. The number of hydrogen-bond acceptors (Lipinski definition) is 4. The molecule has 29 heavy (non-hydrogen) atoms. The summed E-state index contributed by atoms with van der Waals surface area (Å²) < 4.78 is 15.0. The molecule has 154 valence electrons. The monoisotopic (exact) mass is 414 g/mol. The van der Waals surface area contributed by atoms with Crippen molar-refractivity contribution >= 4 is 22.2 Å². The molecule has 1 atom stereocenters. The molecule has 1 aromatic carbocycles. The van der Waals surface area contributed by atoms with Crippen LogP contribution in [0.3, 0.4) is 0 Å². The van der Waals surface area contributed by atoms with Crippen molar-refractivity contribution in [3.05, 3.63) is 59.1 Å². The van der Waals surface area contributed by atoms with E-state index in [9.17, 15) is 9.18 Å². The molecule has 0 N–H and O–H groups in total. The second-order valence-corrected chi connectivity index (χ2v) is 8.83. The van der Waals surface area contributed by atoms with Crippen LogP contribution in [0.1, 0.15) is 24.1 Å². The summed E-state index contributed by atoms with van der Waals surface area (Å²) in [5, 5.41) is 1.99. The van der Waals surface area contributed by atoms with Gasteiger partial charge in [-0.05, 0) is 49.4 Å². The minimum atomic E-state index is -0.185. The molecular formula is C22H27FN4OS. The van der Waals surface area contributed by atoms with E-state index in [4.69, 9.17) is 0 Å². The maximum atomic E-state index is 13.0. The van der Waals surface area contributed by atoms with Crippen molar-refractivity contribution in [3.8, 4) is 0 Å². The van der Waals surface area contributed by atoms with Gasteiger partial charge in [0.1, 0.15) is 5.82 Å². The summed E-state index contributed by atoms with van der Waals surface area (Å²) in [5.41, 5.74) is 2.00. The van der Waals surface area contributed by atoms with Gasteiger partial charge in [-0.1, -0.05) is 12.1 Å².